The highest BCUT2D eigenvalue weighted by Crippen LogP contribution is 2.17. The summed E-state index contributed by atoms with van der Waals surface area (Å²) in [7, 11) is 0. The zero-order chi connectivity index (χ0) is 11.5. The zero-order valence-electron chi connectivity index (χ0n) is 8.27. The number of nitrogens with zero attached hydrogens (tertiary/aromatic N) is 3. The SMILES string of the molecule is OCc1cn(Cc2ccc(F)cc2Cl)nn1. The third-order valence-electron chi connectivity index (χ3n) is 2.10. The molecule has 0 atom stereocenters. The third kappa shape index (κ3) is 2.37. The smallest absolute Gasteiger partial charge is 0.124 e. The average molecular weight is 242 g/mol. The van der Waals surface area contributed by atoms with Crippen LogP contribution in [0.25, 0.3) is 0 Å². The Hall–Kier alpha value is -1.46. The molecular formula is C10H9ClFN3O. The normalized spacial score (nSPS) is 10.7. The van der Waals surface area contributed by atoms with Crippen molar-refractivity contribution in [3.05, 3.63) is 46.5 Å². The maximum atomic E-state index is 12.8. The molecule has 0 bridgehead atoms. The first-order valence-electron chi connectivity index (χ1n) is 4.63. The van der Waals surface area contributed by atoms with E-state index < -0.39 is 0 Å². The van der Waals surface area contributed by atoms with Crippen LogP contribution in [0.15, 0.2) is 24.4 Å². The van der Waals surface area contributed by atoms with E-state index >= 15 is 0 Å². The van der Waals surface area contributed by atoms with Gasteiger partial charge in [0.1, 0.15) is 11.5 Å². The minimum atomic E-state index is -0.372. The Morgan fingerprint density at radius 3 is 2.88 bits per heavy atom. The van der Waals surface area contributed by atoms with Gasteiger partial charge in [-0.3, -0.25) is 0 Å². The molecule has 0 radical (unpaired) electrons. The number of hydrogen-bond acceptors (Lipinski definition) is 3. The highest BCUT2D eigenvalue weighted by molar-refractivity contribution is 6.31. The predicted octanol–water partition coefficient (Wildman–Crippen LogP) is 1.61. The Morgan fingerprint density at radius 2 is 2.25 bits per heavy atom. The molecule has 6 heteroatoms. The molecule has 0 unspecified atom stereocenters. The maximum absolute atomic E-state index is 12.8. The number of aromatic nitrogens is 3. The van der Waals surface area contributed by atoms with Gasteiger partial charge in [0.25, 0.3) is 0 Å². The first-order chi connectivity index (χ1) is 7.69. The lowest BCUT2D eigenvalue weighted by atomic mass is 10.2. The van der Waals surface area contributed by atoms with Crippen LogP contribution in [0.1, 0.15) is 11.3 Å². The van der Waals surface area contributed by atoms with Gasteiger partial charge in [-0.05, 0) is 17.7 Å². The summed E-state index contributed by atoms with van der Waals surface area (Å²) in [6.07, 6.45) is 1.61. The van der Waals surface area contributed by atoms with E-state index in [1.165, 1.54) is 16.8 Å². The topological polar surface area (TPSA) is 50.9 Å². The molecule has 1 N–H and O–H groups in total. The molecule has 4 nitrogen and oxygen atoms in total. The van der Waals surface area contributed by atoms with E-state index in [-0.39, 0.29) is 12.4 Å². The van der Waals surface area contributed by atoms with Crippen molar-refractivity contribution in [2.45, 2.75) is 13.2 Å². The Balaban J connectivity index is 2.20. The first-order valence-corrected chi connectivity index (χ1v) is 5.00. The Kier molecular flexibility index (Phi) is 3.17. The summed E-state index contributed by atoms with van der Waals surface area (Å²) in [6.45, 7) is 0.239. The molecule has 16 heavy (non-hydrogen) atoms. The van der Waals surface area contributed by atoms with Crippen molar-refractivity contribution in [3.8, 4) is 0 Å². The molecule has 0 spiro atoms. The van der Waals surface area contributed by atoms with Crippen molar-refractivity contribution >= 4 is 11.6 Å². The fourth-order valence-electron chi connectivity index (χ4n) is 1.31. The minimum absolute atomic E-state index is 0.156. The molecule has 0 aliphatic rings. The summed E-state index contributed by atoms with van der Waals surface area (Å²) in [4.78, 5) is 0. The second-order valence-electron chi connectivity index (χ2n) is 3.30. The quantitative estimate of drug-likeness (QED) is 0.888. The summed E-state index contributed by atoms with van der Waals surface area (Å²) >= 11 is 5.87. The number of benzene rings is 1. The van der Waals surface area contributed by atoms with Gasteiger partial charge in [-0.1, -0.05) is 22.9 Å². The van der Waals surface area contributed by atoms with Crippen molar-refractivity contribution in [2.75, 3.05) is 0 Å². The summed E-state index contributed by atoms with van der Waals surface area (Å²) in [5.41, 5.74) is 1.23. The molecule has 0 saturated heterocycles. The molecule has 0 aliphatic heterocycles. The summed E-state index contributed by atoms with van der Waals surface area (Å²) < 4.78 is 14.3. The van der Waals surface area contributed by atoms with Crippen LogP contribution in [0.2, 0.25) is 5.02 Å². The highest BCUT2D eigenvalue weighted by atomic mass is 35.5. The molecule has 84 valence electrons. The molecule has 2 aromatic rings. The molecule has 1 aromatic carbocycles. The molecule has 1 heterocycles. The fraction of sp³-hybridized carbons (Fsp3) is 0.200. The first kappa shape index (κ1) is 11.0. The number of aliphatic hydroxyl groups excluding tert-OH is 1. The lowest BCUT2D eigenvalue weighted by Crippen LogP contribution is -2.01. The molecule has 0 amide bonds. The maximum Gasteiger partial charge on any atom is 0.124 e. The Labute approximate surface area is 96.3 Å². The van der Waals surface area contributed by atoms with Crippen LogP contribution in [-0.2, 0) is 13.2 Å². The van der Waals surface area contributed by atoms with E-state index in [1.54, 1.807) is 12.3 Å². The lowest BCUT2D eigenvalue weighted by molar-refractivity contribution is 0.276. The van der Waals surface area contributed by atoms with Gasteiger partial charge >= 0.3 is 0 Å². The minimum Gasteiger partial charge on any atom is -0.390 e. The van der Waals surface area contributed by atoms with Crippen molar-refractivity contribution < 1.29 is 9.50 Å². The summed E-state index contributed by atoms with van der Waals surface area (Å²) in [5, 5.41) is 16.7. The predicted molar refractivity (Wildman–Crippen MR) is 56.5 cm³/mol. The van der Waals surface area contributed by atoms with Gasteiger partial charge in [-0.15, -0.1) is 5.10 Å². The van der Waals surface area contributed by atoms with E-state index in [4.69, 9.17) is 16.7 Å². The van der Waals surface area contributed by atoms with E-state index in [2.05, 4.69) is 10.3 Å². The molecule has 2 rings (SSSR count). The molecule has 0 fully saturated rings. The fourth-order valence-corrected chi connectivity index (χ4v) is 1.54. The van der Waals surface area contributed by atoms with Gasteiger partial charge in [0.2, 0.25) is 0 Å². The van der Waals surface area contributed by atoms with Crippen LogP contribution in [-0.4, -0.2) is 20.1 Å². The van der Waals surface area contributed by atoms with E-state index in [0.29, 0.717) is 17.3 Å². The largest absolute Gasteiger partial charge is 0.390 e. The van der Waals surface area contributed by atoms with Gasteiger partial charge in [-0.2, -0.15) is 0 Å². The highest BCUT2D eigenvalue weighted by Gasteiger charge is 2.05. The van der Waals surface area contributed by atoms with Crippen LogP contribution >= 0.6 is 11.6 Å². The second kappa shape index (κ2) is 4.59. The summed E-state index contributed by atoms with van der Waals surface area (Å²) in [6, 6.07) is 4.18. The molecule has 0 saturated carbocycles. The van der Waals surface area contributed by atoms with Crippen molar-refractivity contribution in [1.82, 2.24) is 15.0 Å². The van der Waals surface area contributed by atoms with E-state index in [0.717, 1.165) is 5.56 Å². The van der Waals surface area contributed by atoms with Gasteiger partial charge in [0.15, 0.2) is 0 Å². The number of halogens is 2. The van der Waals surface area contributed by atoms with Crippen LogP contribution in [0.4, 0.5) is 4.39 Å². The average Bonchev–Trinajstić information content (AvgIpc) is 2.70. The van der Waals surface area contributed by atoms with Crippen molar-refractivity contribution in [1.29, 1.82) is 0 Å². The van der Waals surface area contributed by atoms with Crippen molar-refractivity contribution in [2.24, 2.45) is 0 Å². The van der Waals surface area contributed by atoms with E-state index in [1.807, 2.05) is 0 Å². The monoisotopic (exact) mass is 241 g/mol. The molecule has 0 aliphatic carbocycles. The van der Waals surface area contributed by atoms with Gasteiger partial charge in [0.05, 0.1) is 19.3 Å². The second-order valence-corrected chi connectivity index (χ2v) is 3.71. The number of rotatable bonds is 3. The zero-order valence-corrected chi connectivity index (χ0v) is 9.02. The van der Waals surface area contributed by atoms with Crippen LogP contribution in [0, 0.1) is 5.82 Å². The van der Waals surface area contributed by atoms with Gasteiger partial charge < -0.3 is 5.11 Å². The summed E-state index contributed by atoms with van der Waals surface area (Å²) in [5.74, 6) is -0.372. The Morgan fingerprint density at radius 1 is 1.44 bits per heavy atom. The van der Waals surface area contributed by atoms with E-state index in [9.17, 15) is 4.39 Å². The standard InChI is InChI=1S/C10H9ClFN3O/c11-10-3-8(12)2-1-7(10)4-15-5-9(6-16)13-14-15/h1-3,5,16H,4,6H2. The van der Waals surface area contributed by atoms with Crippen LogP contribution in [0.3, 0.4) is 0 Å². The lowest BCUT2D eigenvalue weighted by Gasteiger charge is -2.03. The van der Waals surface area contributed by atoms with Crippen molar-refractivity contribution in [3.63, 3.8) is 0 Å². The molecular weight excluding hydrogens is 233 g/mol. The van der Waals surface area contributed by atoms with Crippen LogP contribution in [0.5, 0.6) is 0 Å². The Bertz CT molecular complexity index is 501. The number of hydrogen-bond donors (Lipinski definition) is 1. The third-order valence-corrected chi connectivity index (χ3v) is 2.45. The molecule has 1 aromatic heterocycles. The van der Waals surface area contributed by atoms with Gasteiger partial charge in [-0.25, -0.2) is 9.07 Å². The van der Waals surface area contributed by atoms with Gasteiger partial charge in [0, 0.05) is 5.02 Å². The van der Waals surface area contributed by atoms with Crippen LogP contribution < -0.4 is 0 Å². The number of aliphatic hydroxyl groups is 1.